The Hall–Kier alpha value is -4.14. The molecule has 33 heavy (non-hydrogen) atoms. The highest BCUT2D eigenvalue weighted by Crippen LogP contribution is 2.20. The summed E-state index contributed by atoms with van der Waals surface area (Å²) < 4.78 is 25.6. The number of imidazole rings is 1. The second kappa shape index (κ2) is 9.56. The van der Waals surface area contributed by atoms with Crippen LogP contribution in [0.15, 0.2) is 65.3 Å². The number of nitrogens with zero attached hydrogens (tertiary/aromatic N) is 2. The van der Waals surface area contributed by atoms with Gasteiger partial charge in [-0.3, -0.25) is 0 Å². The van der Waals surface area contributed by atoms with Gasteiger partial charge in [0.1, 0.15) is 22.9 Å². The molecule has 4 aromatic rings. The number of rotatable bonds is 7. The van der Waals surface area contributed by atoms with Gasteiger partial charge in [-0.25, -0.2) is 19.0 Å². The maximum atomic E-state index is 13.5. The number of esters is 1. The number of ether oxygens (including phenoxy) is 1. The number of hydrogen-bond acceptors (Lipinski definition) is 5. The summed E-state index contributed by atoms with van der Waals surface area (Å²) in [6.07, 6.45) is 1.71. The minimum Gasteiger partial charge on any atom is -0.465 e. The molecule has 2 N–H and O–H groups in total. The second-order valence-corrected chi connectivity index (χ2v) is 7.49. The van der Waals surface area contributed by atoms with E-state index in [1.807, 2.05) is 28.8 Å². The monoisotopic (exact) mass is 450 g/mol. The average molecular weight is 450 g/mol. The molecule has 0 saturated carbocycles. The minimum absolute atomic E-state index is 0.0772. The Bertz CT molecular complexity index is 1280. The van der Waals surface area contributed by atoms with E-state index in [0.717, 1.165) is 16.6 Å². The Morgan fingerprint density at radius 1 is 1.18 bits per heavy atom. The quantitative estimate of drug-likeness (QED) is 0.413. The SMILES string of the molecule is COC(=O)c1cc(CNC(=O)NC(Cn2cnc3ccccc32)c2ccc(F)cc2)oc1C. The lowest BCUT2D eigenvalue weighted by Crippen LogP contribution is -2.39. The largest absolute Gasteiger partial charge is 0.465 e. The lowest BCUT2D eigenvalue weighted by molar-refractivity contribution is 0.0598. The molecular weight excluding hydrogens is 427 g/mol. The van der Waals surface area contributed by atoms with Crippen molar-refractivity contribution < 1.29 is 23.1 Å². The third-order valence-corrected chi connectivity index (χ3v) is 5.28. The van der Waals surface area contributed by atoms with E-state index in [9.17, 15) is 14.0 Å². The summed E-state index contributed by atoms with van der Waals surface area (Å²) in [5.74, 6) is -0.0299. The van der Waals surface area contributed by atoms with E-state index in [1.54, 1.807) is 25.4 Å². The number of halogens is 1. The van der Waals surface area contributed by atoms with Gasteiger partial charge in [0.2, 0.25) is 0 Å². The number of furan rings is 1. The molecule has 0 aliphatic rings. The summed E-state index contributed by atoms with van der Waals surface area (Å²) in [5, 5.41) is 5.66. The first-order valence-corrected chi connectivity index (χ1v) is 10.3. The molecule has 0 bridgehead atoms. The highest BCUT2D eigenvalue weighted by molar-refractivity contribution is 5.90. The molecule has 1 atom stereocenters. The molecule has 2 heterocycles. The van der Waals surface area contributed by atoms with E-state index in [1.165, 1.54) is 25.3 Å². The first-order chi connectivity index (χ1) is 15.9. The third-order valence-electron chi connectivity index (χ3n) is 5.28. The molecule has 0 fully saturated rings. The Balaban J connectivity index is 1.48. The minimum atomic E-state index is -0.504. The third kappa shape index (κ3) is 5.03. The Kier molecular flexibility index (Phi) is 6.39. The van der Waals surface area contributed by atoms with Gasteiger partial charge in [-0.1, -0.05) is 24.3 Å². The van der Waals surface area contributed by atoms with Gasteiger partial charge in [0.25, 0.3) is 0 Å². The van der Waals surface area contributed by atoms with Gasteiger partial charge in [-0.15, -0.1) is 0 Å². The van der Waals surface area contributed by atoms with Crippen molar-refractivity contribution in [2.75, 3.05) is 7.11 Å². The van der Waals surface area contributed by atoms with Gasteiger partial charge in [0.05, 0.1) is 37.1 Å². The van der Waals surface area contributed by atoms with Crippen LogP contribution in [0, 0.1) is 12.7 Å². The smallest absolute Gasteiger partial charge is 0.341 e. The molecule has 2 aromatic carbocycles. The number of carbonyl (C=O) groups excluding carboxylic acids is 2. The van der Waals surface area contributed by atoms with Gasteiger partial charge in [-0.2, -0.15) is 0 Å². The molecule has 0 aliphatic carbocycles. The van der Waals surface area contributed by atoms with Crippen molar-refractivity contribution in [3.63, 3.8) is 0 Å². The van der Waals surface area contributed by atoms with Crippen molar-refractivity contribution in [2.24, 2.45) is 0 Å². The number of benzene rings is 2. The van der Waals surface area contributed by atoms with E-state index >= 15 is 0 Å². The molecule has 0 radical (unpaired) electrons. The average Bonchev–Trinajstić information content (AvgIpc) is 3.40. The molecule has 170 valence electrons. The maximum Gasteiger partial charge on any atom is 0.341 e. The molecule has 1 unspecified atom stereocenters. The summed E-state index contributed by atoms with van der Waals surface area (Å²) in [7, 11) is 1.29. The predicted octanol–water partition coefficient (Wildman–Crippen LogP) is 4.10. The van der Waals surface area contributed by atoms with Crippen molar-refractivity contribution in [1.82, 2.24) is 20.2 Å². The first kappa shape index (κ1) is 22.1. The molecule has 0 saturated heterocycles. The summed E-state index contributed by atoms with van der Waals surface area (Å²) in [6.45, 7) is 2.12. The van der Waals surface area contributed by atoms with Crippen LogP contribution in [0.2, 0.25) is 0 Å². The van der Waals surface area contributed by atoms with E-state index in [0.29, 0.717) is 23.6 Å². The summed E-state index contributed by atoms with van der Waals surface area (Å²) in [6, 6.07) is 14.3. The highest BCUT2D eigenvalue weighted by Gasteiger charge is 2.19. The molecule has 2 aromatic heterocycles. The first-order valence-electron chi connectivity index (χ1n) is 10.3. The number of methoxy groups -OCH3 is 1. The van der Waals surface area contributed by atoms with Gasteiger partial charge < -0.3 is 24.4 Å². The molecular formula is C24H23FN4O4. The molecule has 4 rings (SSSR count). The van der Waals surface area contributed by atoms with Crippen LogP contribution >= 0.6 is 0 Å². The van der Waals surface area contributed by atoms with E-state index in [2.05, 4.69) is 15.6 Å². The summed E-state index contributed by atoms with van der Waals surface area (Å²) in [5.41, 5.74) is 2.82. The second-order valence-electron chi connectivity index (χ2n) is 7.49. The molecule has 0 spiro atoms. The van der Waals surface area contributed by atoms with E-state index in [4.69, 9.17) is 9.15 Å². The standard InChI is InChI=1S/C24H23FN4O4/c1-15-19(23(30)32-2)11-18(33-15)12-26-24(31)28-21(16-7-9-17(25)10-8-16)13-29-14-27-20-5-3-4-6-22(20)29/h3-11,14,21H,12-13H2,1-2H3,(H2,26,28,31). The zero-order valence-electron chi connectivity index (χ0n) is 18.2. The number of urea groups is 1. The van der Waals surface area contributed by atoms with Crippen molar-refractivity contribution >= 4 is 23.0 Å². The number of amides is 2. The number of carbonyl (C=O) groups is 2. The number of nitrogens with one attached hydrogen (secondary N) is 2. The molecule has 0 aliphatic heterocycles. The van der Waals surface area contributed by atoms with Gasteiger partial charge >= 0.3 is 12.0 Å². The van der Waals surface area contributed by atoms with Crippen LogP contribution in [0.5, 0.6) is 0 Å². The molecule has 2 amide bonds. The van der Waals surface area contributed by atoms with Crippen LogP contribution < -0.4 is 10.6 Å². The normalized spacial score (nSPS) is 11.8. The fourth-order valence-corrected chi connectivity index (χ4v) is 3.60. The topological polar surface area (TPSA) is 98.4 Å². The lowest BCUT2D eigenvalue weighted by atomic mass is 10.1. The van der Waals surface area contributed by atoms with E-state index < -0.39 is 18.0 Å². The van der Waals surface area contributed by atoms with Crippen molar-refractivity contribution in [3.05, 3.63) is 89.4 Å². The Labute approximate surface area is 189 Å². The van der Waals surface area contributed by atoms with Gasteiger partial charge in [0, 0.05) is 6.54 Å². The zero-order chi connectivity index (χ0) is 23.4. The van der Waals surface area contributed by atoms with Crippen LogP contribution in [0.3, 0.4) is 0 Å². The number of fused-ring (bicyclic) bond motifs is 1. The number of aromatic nitrogens is 2. The maximum absolute atomic E-state index is 13.5. The lowest BCUT2D eigenvalue weighted by Gasteiger charge is -2.20. The summed E-state index contributed by atoms with van der Waals surface area (Å²) in [4.78, 5) is 28.8. The molecule has 9 heteroatoms. The Morgan fingerprint density at radius 3 is 2.70 bits per heavy atom. The fraction of sp³-hybridized carbons (Fsp3) is 0.208. The van der Waals surface area contributed by atoms with Crippen molar-refractivity contribution in [2.45, 2.75) is 26.1 Å². The van der Waals surface area contributed by atoms with Crippen molar-refractivity contribution in [1.29, 1.82) is 0 Å². The number of aryl methyl sites for hydroxylation is 1. The fourth-order valence-electron chi connectivity index (χ4n) is 3.60. The van der Waals surface area contributed by atoms with Crippen LogP contribution in [0.1, 0.15) is 33.5 Å². The predicted molar refractivity (Wildman–Crippen MR) is 119 cm³/mol. The van der Waals surface area contributed by atoms with Crippen molar-refractivity contribution in [3.8, 4) is 0 Å². The molecule has 8 nitrogen and oxygen atoms in total. The summed E-state index contributed by atoms with van der Waals surface area (Å²) >= 11 is 0. The van der Waals surface area contributed by atoms with Crippen LogP contribution in [0.4, 0.5) is 9.18 Å². The van der Waals surface area contributed by atoms with Gasteiger partial charge in [0.15, 0.2) is 0 Å². The van der Waals surface area contributed by atoms with Crippen LogP contribution in [-0.4, -0.2) is 28.7 Å². The number of hydrogen-bond donors (Lipinski definition) is 2. The Morgan fingerprint density at radius 2 is 1.94 bits per heavy atom. The van der Waals surface area contributed by atoms with Crippen LogP contribution in [0.25, 0.3) is 11.0 Å². The highest BCUT2D eigenvalue weighted by atomic mass is 19.1. The zero-order valence-corrected chi connectivity index (χ0v) is 18.2. The van der Waals surface area contributed by atoms with E-state index in [-0.39, 0.29) is 12.4 Å². The van der Waals surface area contributed by atoms with Crippen LogP contribution in [-0.2, 0) is 17.8 Å². The number of para-hydroxylation sites is 2. The van der Waals surface area contributed by atoms with Gasteiger partial charge in [-0.05, 0) is 42.8 Å².